The molecule has 0 spiro atoms. The van der Waals surface area contributed by atoms with Crippen molar-refractivity contribution in [3.63, 3.8) is 0 Å². The van der Waals surface area contributed by atoms with Gasteiger partial charge in [-0.25, -0.2) is 35.7 Å². The molecule has 4 atom stereocenters. The highest BCUT2D eigenvalue weighted by Crippen LogP contribution is 2.50. The number of amidine groups is 1. The predicted octanol–water partition coefficient (Wildman–Crippen LogP) is 7.12. The van der Waals surface area contributed by atoms with Crippen LogP contribution in [-0.4, -0.2) is 118 Å². The van der Waals surface area contributed by atoms with Gasteiger partial charge in [0.15, 0.2) is 24.4 Å². The number of aromatic nitrogens is 4. The fourth-order valence-electron chi connectivity index (χ4n) is 6.04. The topological polar surface area (TPSA) is 181 Å². The van der Waals surface area contributed by atoms with Crippen LogP contribution in [-0.2, 0) is 25.1 Å². The van der Waals surface area contributed by atoms with E-state index in [1.54, 1.807) is 9.58 Å². The van der Waals surface area contributed by atoms with Crippen LogP contribution in [0.1, 0.15) is 53.0 Å². The first kappa shape index (κ1) is 44.0. The molecule has 1 aliphatic rings. The maximum Gasteiger partial charge on any atom is 0.409 e. The summed E-state index contributed by atoms with van der Waals surface area (Å²) in [6.45, 7) is 17.4. The van der Waals surface area contributed by atoms with E-state index in [2.05, 4.69) is 62.7 Å². The minimum atomic E-state index is -1.60. The lowest BCUT2D eigenvalue weighted by atomic mass is 10.2. The van der Waals surface area contributed by atoms with Crippen LogP contribution in [0.15, 0.2) is 76.1 Å². The van der Waals surface area contributed by atoms with E-state index in [4.69, 9.17) is 35.2 Å². The zero-order chi connectivity index (χ0) is 41.8. The van der Waals surface area contributed by atoms with E-state index >= 15 is 0 Å². The van der Waals surface area contributed by atoms with Gasteiger partial charge in [0.05, 0.1) is 41.7 Å². The third-order valence-corrected chi connectivity index (χ3v) is 11.2. The molecule has 2 N–H and O–H groups in total. The molecule has 18 nitrogen and oxygen atoms in total. The van der Waals surface area contributed by atoms with Crippen LogP contribution < -0.4 is 10.2 Å². The monoisotopic (exact) mass is 816 g/mol. The number of ether oxygens (including phenoxy) is 2. The first-order chi connectivity index (χ1) is 27.9. The summed E-state index contributed by atoms with van der Waals surface area (Å²) in [6.07, 6.45) is -0.896. The lowest BCUT2D eigenvalue weighted by Crippen LogP contribution is -2.36. The zero-order valence-electron chi connectivity index (χ0n) is 34.3. The molecule has 19 heteroatoms. The molecule has 1 saturated heterocycles. The van der Waals surface area contributed by atoms with Crippen molar-refractivity contribution in [3.05, 3.63) is 78.0 Å². The fraction of sp³-hybridized carbons (Fsp3) is 0.487. The lowest BCUT2D eigenvalue weighted by molar-refractivity contribution is -0.0451. The number of anilines is 1. The molecule has 58 heavy (non-hydrogen) atoms. The molecular formula is C39H53N12O6P. The van der Waals surface area contributed by atoms with E-state index in [-0.39, 0.29) is 45.1 Å². The normalized spacial score (nSPS) is 17.7. The highest BCUT2D eigenvalue weighted by atomic mass is 31.2. The number of aliphatic hydroxyl groups is 1. The summed E-state index contributed by atoms with van der Waals surface area (Å²) < 4.78 is 28.4. The second-order valence-electron chi connectivity index (χ2n) is 14.2. The summed E-state index contributed by atoms with van der Waals surface area (Å²) in [5.41, 5.74) is 3.13. The van der Waals surface area contributed by atoms with Gasteiger partial charge in [-0.05, 0) is 71.0 Å². The fourth-order valence-corrected chi connectivity index (χ4v) is 7.79. The molecule has 3 heterocycles. The van der Waals surface area contributed by atoms with E-state index in [1.165, 1.54) is 6.33 Å². The van der Waals surface area contributed by atoms with Gasteiger partial charge < -0.3 is 43.6 Å². The van der Waals surface area contributed by atoms with Crippen molar-refractivity contribution >= 4 is 54.4 Å². The molecule has 0 saturated carbocycles. The second kappa shape index (κ2) is 21.0. The van der Waals surface area contributed by atoms with Crippen molar-refractivity contribution < 1.29 is 28.4 Å². The first-order valence-electron chi connectivity index (χ1n) is 19.0. The van der Waals surface area contributed by atoms with Gasteiger partial charge in [0.25, 0.3) is 8.53 Å². The van der Waals surface area contributed by atoms with Crippen molar-refractivity contribution in [2.45, 2.75) is 78.1 Å². The summed E-state index contributed by atoms with van der Waals surface area (Å²) in [4.78, 5) is 33.9. The first-order valence-corrected chi connectivity index (χ1v) is 20.1. The molecule has 1 amide bonds. The molecule has 0 bridgehead atoms. The van der Waals surface area contributed by atoms with Crippen molar-refractivity contribution in [1.82, 2.24) is 34.6 Å². The number of fused-ring (bicyclic) bond motifs is 1. The van der Waals surface area contributed by atoms with Gasteiger partial charge in [-0.3, -0.25) is 0 Å². The molecule has 310 valence electrons. The standard InChI is InChI=1S/C39H53N12O6P/c1-26(2)51(27(3)4)58(55-20-19-40-6)57-33-21-35(56-34(33)23-52)50-38-36(37(42-24-43-38)44-28(5)48(7)8)32(47-50)22-41-39(53)54-25-49(9)31-17-15-30(16-18-31)46-45-29-13-11-10-12-14-29/h10-18,24,26-27,33-35,52H,19-23,25H2,1-5,7-9H3,(H,41,53)/b44-28-,46-45?. The maximum absolute atomic E-state index is 13.1. The quantitative estimate of drug-likeness (QED) is 0.0198. The largest absolute Gasteiger partial charge is 0.428 e. The second-order valence-corrected chi connectivity index (χ2v) is 15.6. The Morgan fingerprint density at radius 1 is 1.07 bits per heavy atom. The van der Waals surface area contributed by atoms with Crippen LogP contribution in [0, 0.1) is 6.57 Å². The summed E-state index contributed by atoms with van der Waals surface area (Å²) in [6, 6.07) is 17.1. The number of carbonyl (C=O) groups excluding carboxylic acids is 1. The van der Waals surface area contributed by atoms with Crippen molar-refractivity contribution in [3.8, 4) is 0 Å². The van der Waals surface area contributed by atoms with Gasteiger partial charge in [-0.15, -0.1) is 0 Å². The van der Waals surface area contributed by atoms with Gasteiger partial charge in [0, 0.05) is 45.3 Å². The highest BCUT2D eigenvalue weighted by Gasteiger charge is 2.42. The Bertz CT molecular complexity index is 2030. The average Bonchev–Trinajstić information content (AvgIpc) is 3.80. The van der Waals surface area contributed by atoms with Gasteiger partial charge >= 0.3 is 6.09 Å². The summed E-state index contributed by atoms with van der Waals surface area (Å²) in [7, 11) is 3.97. The predicted molar refractivity (Wildman–Crippen MR) is 222 cm³/mol. The maximum atomic E-state index is 13.1. The number of nitrogens with one attached hydrogen (secondary N) is 1. The molecule has 0 radical (unpaired) electrons. The minimum Gasteiger partial charge on any atom is -0.428 e. The van der Waals surface area contributed by atoms with Crippen LogP contribution in [0.4, 0.5) is 27.7 Å². The zero-order valence-corrected chi connectivity index (χ0v) is 35.2. The van der Waals surface area contributed by atoms with Gasteiger partial charge in [0.2, 0.25) is 6.54 Å². The Labute approximate surface area is 340 Å². The number of carbonyl (C=O) groups is 1. The van der Waals surface area contributed by atoms with Crippen molar-refractivity contribution in [2.75, 3.05) is 52.5 Å². The Hall–Kier alpha value is -5.15. The number of aliphatic imine (C=N–C) groups is 1. The molecule has 4 unspecified atom stereocenters. The van der Waals surface area contributed by atoms with Crippen LogP contribution >= 0.6 is 8.53 Å². The summed E-state index contributed by atoms with van der Waals surface area (Å²) in [5.74, 6) is 1.06. The Balaban J connectivity index is 1.32. The third kappa shape index (κ3) is 11.5. The van der Waals surface area contributed by atoms with Crippen LogP contribution in [0.5, 0.6) is 0 Å². The molecule has 2 aromatic carbocycles. The molecule has 5 rings (SSSR count). The SMILES string of the molecule is [C-]#[N+]CCOP(OC1CC(n2nc(CNC(=O)OCN(C)c3ccc(N=Nc4ccccc4)cc3)c3c(/N=C(/C)N(C)C)ncnc32)OC1CO)N(C(C)C)C(C)C. The molecule has 4 aromatic rings. The van der Waals surface area contributed by atoms with E-state index in [0.717, 1.165) is 11.4 Å². The van der Waals surface area contributed by atoms with E-state index < -0.39 is 33.1 Å². The molecule has 1 fully saturated rings. The van der Waals surface area contributed by atoms with E-state index in [0.29, 0.717) is 40.5 Å². The lowest BCUT2D eigenvalue weighted by Gasteiger charge is -2.37. The molecule has 0 aliphatic carbocycles. The van der Waals surface area contributed by atoms with Crippen LogP contribution in [0.25, 0.3) is 15.9 Å². The number of amides is 1. The van der Waals surface area contributed by atoms with Crippen molar-refractivity contribution in [1.29, 1.82) is 0 Å². The van der Waals surface area contributed by atoms with Crippen LogP contribution in [0.3, 0.4) is 0 Å². The summed E-state index contributed by atoms with van der Waals surface area (Å²) in [5, 5.41) is 27.2. The summed E-state index contributed by atoms with van der Waals surface area (Å²) >= 11 is 0. The molecular weight excluding hydrogens is 763 g/mol. The Morgan fingerprint density at radius 3 is 2.40 bits per heavy atom. The number of alkyl carbamates (subject to hydrolysis) is 1. The number of hydrogen-bond donors (Lipinski definition) is 2. The Kier molecular flexibility index (Phi) is 15.9. The van der Waals surface area contributed by atoms with Crippen molar-refractivity contribution in [2.24, 2.45) is 15.2 Å². The van der Waals surface area contributed by atoms with Gasteiger partial charge in [-0.2, -0.15) is 15.3 Å². The smallest absolute Gasteiger partial charge is 0.409 e. The van der Waals surface area contributed by atoms with Gasteiger partial charge in [-0.1, -0.05) is 18.2 Å². The molecule has 2 aromatic heterocycles. The molecule has 1 aliphatic heterocycles. The number of azo groups is 1. The average molecular weight is 817 g/mol. The third-order valence-electron chi connectivity index (χ3n) is 9.08. The Morgan fingerprint density at radius 2 is 1.76 bits per heavy atom. The number of rotatable bonds is 18. The number of nitrogens with zero attached hydrogens (tertiary/aromatic N) is 11. The number of aliphatic hydroxyl groups excluding tert-OH is 1. The van der Waals surface area contributed by atoms with Gasteiger partial charge in [0.1, 0.15) is 24.9 Å². The van der Waals surface area contributed by atoms with E-state index in [9.17, 15) is 9.90 Å². The van der Waals surface area contributed by atoms with E-state index in [1.807, 2.05) is 87.6 Å². The minimum absolute atomic E-state index is 0.0262. The number of hydrogen-bond acceptors (Lipinski definition) is 14. The number of benzene rings is 2. The highest BCUT2D eigenvalue weighted by molar-refractivity contribution is 7.44. The van der Waals surface area contributed by atoms with Crippen LogP contribution in [0.2, 0.25) is 0 Å².